The normalized spacial score (nSPS) is 10.3. The molecule has 0 radical (unpaired) electrons. The first-order chi connectivity index (χ1) is 9.02. The molecule has 0 fully saturated rings. The maximum Gasteiger partial charge on any atom is 0.196 e. The van der Waals surface area contributed by atoms with Gasteiger partial charge in [-0.15, -0.1) is 0 Å². The second kappa shape index (κ2) is 5.48. The Kier molecular flexibility index (Phi) is 3.95. The monoisotopic (exact) mass is 326 g/mol. The van der Waals surface area contributed by atoms with E-state index in [4.69, 9.17) is 4.74 Å². The summed E-state index contributed by atoms with van der Waals surface area (Å²) in [5.74, 6) is -1.53. The van der Waals surface area contributed by atoms with E-state index in [0.29, 0.717) is 5.75 Å². The zero-order valence-corrected chi connectivity index (χ0v) is 11.5. The maximum atomic E-state index is 13.7. The number of ether oxygens (including phenoxy) is 1. The minimum Gasteiger partial charge on any atom is -0.497 e. The Balaban J connectivity index is 2.41. The van der Waals surface area contributed by atoms with Gasteiger partial charge in [-0.1, -0.05) is 0 Å². The highest BCUT2D eigenvalue weighted by molar-refractivity contribution is 9.10. The van der Waals surface area contributed by atoms with Crippen molar-refractivity contribution < 1.29 is 18.3 Å². The van der Waals surface area contributed by atoms with E-state index in [2.05, 4.69) is 15.9 Å². The van der Waals surface area contributed by atoms with Crippen molar-refractivity contribution in [2.45, 2.75) is 0 Å². The minimum absolute atomic E-state index is 0.0877. The highest BCUT2D eigenvalue weighted by atomic mass is 79.9. The first-order valence-corrected chi connectivity index (χ1v) is 6.15. The molecule has 0 aliphatic rings. The topological polar surface area (TPSA) is 26.3 Å². The molecular weight excluding hydrogens is 318 g/mol. The fourth-order valence-electron chi connectivity index (χ4n) is 1.60. The van der Waals surface area contributed by atoms with Crippen LogP contribution in [0, 0.1) is 11.6 Å². The number of ketones is 1. The molecule has 5 heteroatoms. The van der Waals surface area contributed by atoms with Crippen LogP contribution >= 0.6 is 15.9 Å². The van der Waals surface area contributed by atoms with Crippen LogP contribution in [0.15, 0.2) is 40.9 Å². The zero-order chi connectivity index (χ0) is 14.0. The van der Waals surface area contributed by atoms with E-state index in [1.165, 1.54) is 31.4 Å². The number of halogens is 3. The number of hydrogen-bond acceptors (Lipinski definition) is 2. The van der Waals surface area contributed by atoms with Gasteiger partial charge in [0.2, 0.25) is 0 Å². The van der Waals surface area contributed by atoms with E-state index < -0.39 is 17.4 Å². The summed E-state index contributed by atoms with van der Waals surface area (Å²) in [4.78, 5) is 12.1. The number of carbonyl (C=O) groups is 1. The van der Waals surface area contributed by atoms with E-state index in [0.717, 1.165) is 12.1 Å². The summed E-state index contributed by atoms with van der Waals surface area (Å²) in [6.45, 7) is 0. The summed E-state index contributed by atoms with van der Waals surface area (Å²) >= 11 is 2.99. The predicted molar refractivity (Wildman–Crippen MR) is 70.5 cm³/mol. The van der Waals surface area contributed by atoms with Gasteiger partial charge in [-0.3, -0.25) is 4.79 Å². The van der Waals surface area contributed by atoms with Crippen molar-refractivity contribution in [1.29, 1.82) is 0 Å². The van der Waals surface area contributed by atoms with Gasteiger partial charge in [0.1, 0.15) is 17.4 Å². The van der Waals surface area contributed by atoms with Crippen LogP contribution in [0.2, 0.25) is 0 Å². The van der Waals surface area contributed by atoms with Crippen LogP contribution in [-0.4, -0.2) is 12.9 Å². The van der Waals surface area contributed by atoms with Crippen molar-refractivity contribution in [2.75, 3.05) is 7.11 Å². The molecule has 0 N–H and O–H groups in total. The molecule has 0 spiro atoms. The van der Waals surface area contributed by atoms with E-state index in [-0.39, 0.29) is 15.6 Å². The second-order valence-electron chi connectivity index (χ2n) is 3.80. The van der Waals surface area contributed by atoms with Gasteiger partial charge in [0.25, 0.3) is 0 Å². The Morgan fingerprint density at radius 2 is 1.84 bits per heavy atom. The molecule has 0 saturated heterocycles. The van der Waals surface area contributed by atoms with Gasteiger partial charge in [-0.05, 0) is 46.3 Å². The Labute approximate surface area is 117 Å². The zero-order valence-electron chi connectivity index (χ0n) is 9.91. The van der Waals surface area contributed by atoms with Gasteiger partial charge in [0.05, 0.1) is 17.1 Å². The molecule has 0 atom stereocenters. The summed E-state index contributed by atoms with van der Waals surface area (Å²) in [6, 6.07) is 7.81. The molecule has 0 amide bonds. The average Bonchev–Trinajstić information content (AvgIpc) is 2.41. The third kappa shape index (κ3) is 2.81. The van der Waals surface area contributed by atoms with E-state index in [1.807, 2.05) is 0 Å². The van der Waals surface area contributed by atoms with Crippen LogP contribution in [0.4, 0.5) is 8.78 Å². The SMILES string of the molecule is COc1ccc(C(=O)c2ccc(Br)c(F)c2)c(F)c1. The Bertz CT molecular complexity index is 641. The van der Waals surface area contributed by atoms with Crippen LogP contribution in [0.5, 0.6) is 5.75 Å². The maximum absolute atomic E-state index is 13.7. The smallest absolute Gasteiger partial charge is 0.196 e. The van der Waals surface area contributed by atoms with Gasteiger partial charge in [-0.2, -0.15) is 0 Å². The van der Waals surface area contributed by atoms with Gasteiger partial charge in [0, 0.05) is 11.6 Å². The fourth-order valence-corrected chi connectivity index (χ4v) is 1.85. The van der Waals surface area contributed by atoms with Gasteiger partial charge < -0.3 is 4.74 Å². The number of hydrogen-bond donors (Lipinski definition) is 0. The average molecular weight is 327 g/mol. The van der Waals surface area contributed by atoms with Gasteiger partial charge in [0.15, 0.2) is 5.78 Å². The molecule has 0 saturated carbocycles. The lowest BCUT2D eigenvalue weighted by molar-refractivity contribution is 0.103. The Morgan fingerprint density at radius 3 is 2.42 bits per heavy atom. The molecule has 2 aromatic rings. The molecule has 0 aliphatic heterocycles. The predicted octanol–water partition coefficient (Wildman–Crippen LogP) is 3.97. The molecule has 2 aromatic carbocycles. The molecule has 0 bridgehead atoms. The molecule has 2 nitrogen and oxygen atoms in total. The summed E-state index contributed by atoms with van der Waals surface area (Å²) in [5, 5.41) is 0. The van der Waals surface area contributed by atoms with Crippen molar-refractivity contribution >= 4 is 21.7 Å². The van der Waals surface area contributed by atoms with E-state index in [1.54, 1.807) is 0 Å². The molecule has 2 rings (SSSR count). The highest BCUT2D eigenvalue weighted by Crippen LogP contribution is 2.22. The van der Waals surface area contributed by atoms with Crippen molar-refractivity contribution in [2.24, 2.45) is 0 Å². The molecule has 0 heterocycles. The van der Waals surface area contributed by atoms with Crippen LogP contribution < -0.4 is 4.74 Å². The standard InChI is InChI=1S/C14H9BrF2O2/c1-19-9-3-4-10(12(16)7-9)14(18)8-2-5-11(15)13(17)6-8/h2-7H,1H3. The van der Waals surface area contributed by atoms with Crippen LogP contribution in [0.3, 0.4) is 0 Å². The number of methoxy groups -OCH3 is 1. The highest BCUT2D eigenvalue weighted by Gasteiger charge is 2.16. The fraction of sp³-hybridized carbons (Fsp3) is 0.0714. The summed E-state index contributed by atoms with van der Waals surface area (Å²) in [5.41, 5.74) is -0.0349. The summed E-state index contributed by atoms with van der Waals surface area (Å²) < 4.78 is 32.2. The second-order valence-corrected chi connectivity index (χ2v) is 4.66. The van der Waals surface area contributed by atoms with Crippen LogP contribution in [-0.2, 0) is 0 Å². The van der Waals surface area contributed by atoms with Crippen LogP contribution in [0.25, 0.3) is 0 Å². The quantitative estimate of drug-likeness (QED) is 0.798. The first-order valence-electron chi connectivity index (χ1n) is 5.36. The lowest BCUT2D eigenvalue weighted by Crippen LogP contribution is -2.05. The summed E-state index contributed by atoms with van der Waals surface area (Å²) in [7, 11) is 1.40. The van der Waals surface area contributed by atoms with Crippen molar-refractivity contribution in [3.05, 3.63) is 63.6 Å². The third-order valence-corrected chi connectivity index (χ3v) is 3.25. The Morgan fingerprint density at radius 1 is 1.11 bits per heavy atom. The number of benzene rings is 2. The lowest BCUT2D eigenvalue weighted by atomic mass is 10.0. The number of rotatable bonds is 3. The minimum atomic E-state index is -0.701. The van der Waals surface area contributed by atoms with Crippen molar-refractivity contribution in [3.63, 3.8) is 0 Å². The molecule has 0 unspecified atom stereocenters. The van der Waals surface area contributed by atoms with E-state index in [9.17, 15) is 13.6 Å². The lowest BCUT2D eigenvalue weighted by Gasteiger charge is -2.05. The summed E-state index contributed by atoms with van der Waals surface area (Å²) in [6.07, 6.45) is 0. The Hall–Kier alpha value is -1.75. The third-order valence-electron chi connectivity index (χ3n) is 2.60. The van der Waals surface area contributed by atoms with Crippen molar-refractivity contribution in [3.8, 4) is 5.75 Å². The number of carbonyl (C=O) groups excluding carboxylic acids is 1. The molecule has 0 aliphatic carbocycles. The van der Waals surface area contributed by atoms with E-state index >= 15 is 0 Å². The largest absolute Gasteiger partial charge is 0.497 e. The molecule has 98 valence electrons. The van der Waals surface area contributed by atoms with Gasteiger partial charge in [-0.25, -0.2) is 8.78 Å². The first kappa shape index (κ1) is 13.7. The molecule has 19 heavy (non-hydrogen) atoms. The molecular formula is C14H9BrF2O2. The van der Waals surface area contributed by atoms with Gasteiger partial charge >= 0.3 is 0 Å². The molecule has 0 aromatic heterocycles. The van der Waals surface area contributed by atoms with Crippen molar-refractivity contribution in [1.82, 2.24) is 0 Å². The van der Waals surface area contributed by atoms with Crippen LogP contribution in [0.1, 0.15) is 15.9 Å².